The molecule has 1 aliphatic rings. The number of benzene rings is 1. The van der Waals surface area contributed by atoms with Crippen LogP contribution >= 0.6 is 0 Å². The van der Waals surface area contributed by atoms with Crippen molar-refractivity contribution >= 4 is 0 Å². The van der Waals surface area contributed by atoms with E-state index in [0.29, 0.717) is 13.2 Å². The fourth-order valence-corrected chi connectivity index (χ4v) is 2.62. The second-order valence-electron chi connectivity index (χ2n) is 6.16. The van der Waals surface area contributed by atoms with Crippen molar-refractivity contribution in [2.45, 2.75) is 25.8 Å². The Morgan fingerprint density at radius 1 is 0.900 bits per heavy atom. The highest BCUT2D eigenvalue weighted by atomic mass is 16.7. The highest BCUT2D eigenvalue weighted by Gasteiger charge is 2.33. The molecule has 4 heteroatoms. The Bertz CT molecular complexity index is 424. The van der Waals surface area contributed by atoms with Gasteiger partial charge in [-0.05, 0) is 58.4 Å². The molecule has 0 bridgehead atoms. The summed E-state index contributed by atoms with van der Waals surface area (Å²) in [4.78, 5) is 4.36. The van der Waals surface area contributed by atoms with Gasteiger partial charge in [0.1, 0.15) is 0 Å². The molecule has 0 aliphatic carbocycles. The van der Waals surface area contributed by atoms with Gasteiger partial charge in [-0.2, -0.15) is 0 Å². The molecule has 1 aromatic rings. The number of ether oxygens (including phenoxy) is 2. The van der Waals surface area contributed by atoms with Gasteiger partial charge in [-0.25, -0.2) is 0 Å². The predicted molar refractivity (Wildman–Crippen MR) is 80.5 cm³/mol. The fraction of sp³-hybridized carbons (Fsp3) is 0.625. The van der Waals surface area contributed by atoms with Crippen molar-refractivity contribution in [1.29, 1.82) is 0 Å². The lowest BCUT2D eigenvalue weighted by Gasteiger charge is -2.25. The molecule has 0 radical (unpaired) electrons. The maximum absolute atomic E-state index is 5.80. The summed E-state index contributed by atoms with van der Waals surface area (Å²) < 4.78 is 11.6. The molecule has 0 spiro atoms. The summed E-state index contributed by atoms with van der Waals surface area (Å²) in [7, 11) is 8.34. The molecule has 4 nitrogen and oxygen atoms in total. The minimum Gasteiger partial charge on any atom is -0.344 e. The first-order valence-electron chi connectivity index (χ1n) is 7.10. The van der Waals surface area contributed by atoms with Gasteiger partial charge in [-0.3, -0.25) is 0 Å². The molecule has 1 fully saturated rings. The maximum Gasteiger partial charge on any atom is 0.192 e. The number of rotatable bonds is 5. The average molecular weight is 278 g/mol. The molecule has 1 aliphatic heterocycles. The Morgan fingerprint density at radius 2 is 1.35 bits per heavy atom. The standard InChI is InChI=1S/C16H26N2O2/c1-16(19-6-7-20-16)15-9-13(11-17(2)3)8-14(10-15)12-18(4)5/h8-10H,6-7,11-12H2,1-5H3. The first kappa shape index (κ1) is 15.4. The van der Waals surface area contributed by atoms with Crippen molar-refractivity contribution in [1.82, 2.24) is 9.80 Å². The van der Waals surface area contributed by atoms with E-state index in [9.17, 15) is 0 Å². The van der Waals surface area contributed by atoms with E-state index in [0.717, 1.165) is 18.7 Å². The third kappa shape index (κ3) is 3.79. The Morgan fingerprint density at radius 3 is 1.75 bits per heavy atom. The van der Waals surface area contributed by atoms with Gasteiger partial charge in [0.2, 0.25) is 0 Å². The highest BCUT2D eigenvalue weighted by molar-refractivity contribution is 5.33. The van der Waals surface area contributed by atoms with Crippen LogP contribution < -0.4 is 0 Å². The molecule has 0 atom stereocenters. The normalized spacial score (nSPS) is 18.1. The molecule has 0 saturated carbocycles. The SMILES string of the molecule is CN(C)Cc1cc(CN(C)C)cc(C2(C)OCCO2)c1. The summed E-state index contributed by atoms with van der Waals surface area (Å²) in [6.07, 6.45) is 0. The van der Waals surface area contributed by atoms with E-state index in [1.807, 2.05) is 6.92 Å². The van der Waals surface area contributed by atoms with Gasteiger partial charge in [0.05, 0.1) is 13.2 Å². The van der Waals surface area contributed by atoms with Crippen molar-refractivity contribution in [3.8, 4) is 0 Å². The quantitative estimate of drug-likeness (QED) is 0.823. The Balaban J connectivity index is 2.34. The van der Waals surface area contributed by atoms with Gasteiger partial charge in [-0.15, -0.1) is 0 Å². The molecule has 20 heavy (non-hydrogen) atoms. The summed E-state index contributed by atoms with van der Waals surface area (Å²) in [6.45, 7) is 5.18. The molecule has 0 unspecified atom stereocenters. The summed E-state index contributed by atoms with van der Waals surface area (Å²) in [5, 5.41) is 0. The molecule has 2 rings (SSSR count). The van der Waals surface area contributed by atoms with Gasteiger partial charge in [-0.1, -0.05) is 6.07 Å². The summed E-state index contributed by atoms with van der Waals surface area (Å²) in [5.41, 5.74) is 3.71. The third-order valence-electron chi connectivity index (χ3n) is 3.41. The van der Waals surface area contributed by atoms with Gasteiger partial charge < -0.3 is 19.3 Å². The van der Waals surface area contributed by atoms with Crippen LogP contribution in [0.5, 0.6) is 0 Å². The first-order chi connectivity index (χ1) is 9.39. The molecule has 0 aromatic heterocycles. The molecule has 0 amide bonds. The Labute approximate surface area is 122 Å². The van der Waals surface area contributed by atoms with Crippen LogP contribution in [0.3, 0.4) is 0 Å². The molecule has 0 N–H and O–H groups in total. The Hall–Kier alpha value is -0.940. The van der Waals surface area contributed by atoms with Crippen molar-refractivity contribution in [3.63, 3.8) is 0 Å². The van der Waals surface area contributed by atoms with E-state index in [2.05, 4.69) is 56.2 Å². The summed E-state index contributed by atoms with van der Waals surface area (Å²) in [6, 6.07) is 6.66. The van der Waals surface area contributed by atoms with Gasteiger partial charge in [0.25, 0.3) is 0 Å². The van der Waals surface area contributed by atoms with Crippen LogP contribution in [0, 0.1) is 0 Å². The van der Waals surface area contributed by atoms with Crippen LogP contribution in [0.15, 0.2) is 18.2 Å². The van der Waals surface area contributed by atoms with E-state index in [-0.39, 0.29) is 0 Å². The van der Waals surface area contributed by atoms with Crippen molar-refractivity contribution < 1.29 is 9.47 Å². The number of hydrogen-bond donors (Lipinski definition) is 0. The fourth-order valence-electron chi connectivity index (χ4n) is 2.62. The lowest BCUT2D eigenvalue weighted by atomic mass is 9.99. The minimum absolute atomic E-state index is 0.594. The van der Waals surface area contributed by atoms with Crippen LogP contribution in [-0.4, -0.2) is 51.2 Å². The Kier molecular flexibility index (Phi) is 4.81. The van der Waals surface area contributed by atoms with Crippen LogP contribution in [0.4, 0.5) is 0 Å². The van der Waals surface area contributed by atoms with Crippen LogP contribution in [-0.2, 0) is 28.4 Å². The maximum atomic E-state index is 5.80. The molecular formula is C16H26N2O2. The lowest BCUT2D eigenvalue weighted by molar-refractivity contribution is -0.149. The van der Waals surface area contributed by atoms with Crippen molar-refractivity contribution in [3.05, 3.63) is 34.9 Å². The van der Waals surface area contributed by atoms with Gasteiger partial charge in [0.15, 0.2) is 5.79 Å². The summed E-state index contributed by atoms with van der Waals surface area (Å²) in [5.74, 6) is -0.594. The van der Waals surface area contributed by atoms with Gasteiger partial charge >= 0.3 is 0 Å². The number of nitrogens with zero attached hydrogens (tertiary/aromatic N) is 2. The number of hydrogen-bond acceptors (Lipinski definition) is 4. The monoisotopic (exact) mass is 278 g/mol. The zero-order valence-electron chi connectivity index (χ0n) is 13.3. The molecule has 1 aromatic carbocycles. The van der Waals surface area contributed by atoms with Crippen molar-refractivity contribution in [2.24, 2.45) is 0 Å². The lowest BCUT2D eigenvalue weighted by Crippen LogP contribution is -2.24. The molecule has 1 heterocycles. The van der Waals surface area contributed by atoms with Crippen LogP contribution in [0.2, 0.25) is 0 Å². The van der Waals surface area contributed by atoms with Crippen LogP contribution in [0.1, 0.15) is 23.6 Å². The largest absolute Gasteiger partial charge is 0.344 e. The first-order valence-corrected chi connectivity index (χ1v) is 7.10. The van der Waals surface area contributed by atoms with Gasteiger partial charge in [0, 0.05) is 18.7 Å². The predicted octanol–water partition coefficient (Wildman–Crippen LogP) is 2.03. The van der Waals surface area contributed by atoms with E-state index in [1.54, 1.807) is 0 Å². The molecular weight excluding hydrogens is 252 g/mol. The van der Waals surface area contributed by atoms with E-state index in [1.165, 1.54) is 11.1 Å². The molecule has 1 saturated heterocycles. The zero-order valence-corrected chi connectivity index (χ0v) is 13.3. The summed E-state index contributed by atoms with van der Waals surface area (Å²) >= 11 is 0. The topological polar surface area (TPSA) is 24.9 Å². The van der Waals surface area contributed by atoms with E-state index in [4.69, 9.17) is 9.47 Å². The second kappa shape index (κ2) is 6.22. The second-order valence-corrected chi connectivity index (χ2v) is 6.16. The third-order valence-corrected chi connectivity index (χ3v) is 3.41. The minimum atomic E-state index is -0.594. The zero-order chi connectivity index (χ0) is 14.8. The van der Waals surface area contributed by atoms with Crippen molar-refractivity contribution in [2.75, 3.05) is 41.4 Å². The van der Waals surface area contributed by atoms with E-state index < -0.39 is 5.79 Å². The van der Waals surface area contributed by atoms with Crippen LogP contribution in [0.25, 0.3) is 0 Å². The molecule has 112 valence electrons. The average Bonchev–Trinajstić information content (AvgIpc) is 2.75. The van der Waals surface area contributed by atoms with E-state index >= 15 is 0 Å². The smallest absolute Gasteiger partial charge is 0.192 e. The highest BCUT2D eigenvalue weighted by Crippen LogP contribution is 2.32.